The fourth-order valence-corrected chi connectivity index (χ4v) is 3.11. The highest BCUT2D eigenvalue weighted by Crippen LogP contribution is 2.15. The third-order valence-electron chi connectivity index (χ3n) is 4.47. The topological polar surface area (TPSA) is 79.0 Å². The van der Waals surface area contributed by atoms with E-state index in [9.17, 15) is 14.4 Å². The van der Waals surface area contributed by atoms with Gasteiger partial charge in [-0.15, -0.1) is 0 Å². The Morgan fingerprint density at radius 2 is 1.68 bits per heavy atom. The maximum atomic E-state index is 12.3. The summed E-state index contributed by atoms with van der Waals surface area (Å²) in [6.07, 6.45) is 2.67. The number of hydrogen-bond acceptors (Lipinski definition) is 4. The van der Waals surface area contributed by atoms with Gasteiger partial charge in [0.25, 0.3) is 0 Å². The molecule has 0 aliphatic heterocycles. The normalized spacial score (nSPS) is 11.0. The van der Waals surface area contributed by atoms with Crippen molar-refractivity contribution in [1.29, 1.82) is 0 Å². The van der Waals surface area contributed by atoms with Crippen molar-refractivity contribution < 1.29 is 19.1 Å². The van der Waals surface area contributed by atoms with Gasteiger partial charge in [-0.2, -0.15) is 0 Å². The Kier molecular flexibility index (Phi) is 11.1. The van der Waals surface area contributed by atoms with Gasteiger partial charge in [-0.3, -0.25) is 9.59 Å². The highest BCUT2D eigenvalue weighted by Gasteiger charge is 2.19. The average molecular weight is 434 g/mol. The van der Waals surface area contributed by atoms with E-state index in [1.807, 2.05) is 49.9 Å². The Hall–Kier alpha value is -2.57. The highest BCUT2D eigenvalue weighted by molar-refractivity contribution is 5.91. The molecule has 0 atom stereocenters. The minimum atomic E-state index is -0.549. The zero-order chi connectivity index (χ0) is 23.4. The molecule has 0 heterocycles. The average Bonchev–Trinajstić information content (AvgIpc) is 2.66. The minimum absolute atomic E-state index is 0.115. The number of amides is 3. The summed E-state index contributed by atoms with van der Waals surface area (Å²) in [7, 11) is 1.68. The van der Waals surface area contributed by atoms with Gasteiger partial charge in [-0.25, -0.2) is 4.79 Å². The van der Waals surface area contributed by atoms with Crippen molar-refractivity contribution in [2.24, 2.45) is 0 Å². The summed E-state index contributed by atoms with van der Waals surface area (Å²) in [5.74, 6) is -0.00772. The molecule has 1 rings (SSSR count). The SMILES string of the molecule is CCCN(CCC)C(=O)CCCC(=O)Nc1cccc(CN(C)C(=O)OC(C)(C)C)c1. The third kappa shape index (κ3) is 10.9. The first-order valence-corrected chi connectivity index (χ1v) is 11.2. The molecule has 1 aromatic carbocycles. The summed E-state index contributed by atoms with van der Waals surface area (Å²) in [6, 6.07) is 7.38. The molecule has 0 aromatic heterocycles. The lowest BCUT2D eigenvalue weighted by molar-refractivity contribution is -0.131. The molecule has 0 saturated heterocycles. The van der Waals surface area contributed by atoms with E-state index in [0.29, 0.717) is 31.5 Å². The third-order valence-corrected chi connectivity index (χ3v) is 4.47. The van der Waals surface area contributed by atoms with Gasteiger partial charge in [-0.1, -0.05) is 26.0 Å². The molecule has 174 valence electrons. The number of carbonyl (C=O) groups excluding carboxylic acids is 3. The first-order chi connectivity index (χ1) is 14.6. The Balaban J connectivity index is 2.52. The molecule has 31 heavy (non-hydrogen) atoms. The van der Waals surface area contributed by atoms with E-state index >= 15 is 0 Å². The molecular weight excluding hydrogens is 394 g/mol. The second-order valence-corrected chi connectivity index (χ2v) is 8.82. The Bertz CT molecular complexity index is 722. The number of rotatable bonds is 11. The fourth-order valence-electron chi connectivity index (χ4n) is 3.11. The molecule has 0 aliphatic carbocycles. The number of ether oxygens (including phenoxy) is 1. The summed E-state index contributed by atoms with van der Waals surface area (Å²) >= 11 is 0. The molecule has 3 amide bonds. The van der Waals surface area contributed by atoms with Crippen LogP contribution in [0.1, 0.15) is 72.3 Å². The fraction of sp³-hybridized carbons (Fsp3) is 0.625. The van der Waals surface area contributed by atoms with Gasteiger partial charge >= 0.3 is 6.09 Å². The van der Waals surface area contributed by atoms with Crippen molar-refractivity contribution >= 4 is 23.6 Å². The zero-order valence-electron chi connectivity index (χ0n) is 20.0. The minimum Gasteiger partial charge on any atom is -0.444 e. The molecule has 0 unspecified atom stereocenters. The Morgan fingerprint density at radius 1 is 1.03 bits per heavy atom. The molecule has 0 aliphatic rings. The molecule has 1 aromatic rings. The quantitative estimate of drug-likeness (QED) is 0.543. The summed E-state index contributed by atoms with van der Waals surface area (Å²) in [5, 5.41) is 2.88. The lowest BCUT2D eigenvalue weighted by atomic mass is 10.1. The van der Waals surface area contributed by atoms with Crippen LogP contribution in [0.15, 0.2) is 24.3 Å². The van der Waals surface area contributed by atoms with Crippen molar-refractivity contribution in [3.8, 4) is 0 Å². The van der Waals surface area contributed by atoms with Crippen molar-refractivity contribution in [2.75, 3.05) is 25.5 Å². The molecule has 7 heteroatoms. The second-order valence-electron chi connectivity index (χ2n) is 8.82. The van der Waals surface area contributed by atoms with Crippen LogP contribution in [0, 0.1) is 0 Å². The Labute approximate surface area is 187 Å². The molecule has 0 bridgehead atoms. The van der Waals surface area contributed by atoms with Crippen molar-refractivity contribution in [1.82, 2.24) is 9.80 Å². The summed E-state index contributed by atoms with van der Waals surface area (Å²) in [4.78, 5) is 40.1. The maximum Gasteiger partial charge on any atom is 0.410 e. The molecule has 0 saturated carbocycles. The van der Waals surface area contributed by atoms with Gasteiger partial charge in [0, 0.05) is 45.2 Å². The van der Waals surface area contributed by atoms with Gasteiger partial charge in [-0.05, 0) is 57.7 Å². The largest absolute Gasteiger partial charge is 0.444 e. The van der Waals surface area contributed by atoms with E-state index in [1.54, 1.807) is 7.05 Å². The van der Waals surface area contributed by atoms with Crippen LogP contribution in [-0.4, -0.2) is 53.4 Å². The Morgan fingerprint density at radius 3 is 2.26 bits per heavy atom. The molecule has 1 N–H and O–H groups in total. The molecule has 0 radical (unpaired) electrons. The standard InChI is InChI=1S/C24H39N3O4/c1-7-15-27(16-8-2)22(29)14-10-13-21(28)25-20-12-9-11-19(17-20)18-26(6)23(30)31-24(3,4)5/h9,11-12,17H,7-8,10,13-16,18H2,1-6H3,(H,25,28). The van der Waals surface area contributed by atoms with Gasteiger partial charge in [0.2, 0.25) is 11.8 Å². The van der Waals surface area contributed by atoms with Crippen LogP contribution in [0.2, 0.25) is 0 Å². The van der Waals surface area contributed by atoms with Gasteiger partial charge in [0.1, 0.15) is 5.60 Å². The lowest BCUT2D eigenvalue weighted by Crippen LogP contribution is -2.33. The van der Waals surface area contributed by atoms with Gasteiger partial charge < -0.3 is 19.9 Å². The summed E-state index contributed by atoms with van der Waals surface area (Å²) in [6.45, 7) is 11.5. The van der Waals surface area contributed by atoms with Crippen LogP contribution in [0.3, 0.4) is 0 Å². The van der Waals surface area contributed by atoms with E-state index < -0.39 is 11.7 Å². The van der Waals surface area contributed by atoms with E-state index in [1.165, 1.54) is 4.90 Å². The number of nitrogens with one attached hydrogen (secondary N) is 1. The summed E-state index contributed by atoms with van der Waals surface area (Å²) < 4.78 is 5.36. The predicted octanol–water partition coefficient (Wildman–Crippen LogP) is 4.81. The van der Waals surface area contributed by atoms with Crippen LogP contribution < -0.4 is 5.32 Å². The van der Waals surface area contributed by atoms with Crippen molar-refractivity contribution in [2.45, 2.75) is 78.9 Å². The molecule has 0 spiro atoms. The number of benzene rings is 1. The number of anilines is 1. The lowest BCUT2D eigenvalue weighted by Gasteiger charge is -2.24. The predicted molar refractivity (Wildman–Crippen MR) is 124 cm³/mol. The van der Waals surface area contributed by atoms with Crippen LogP contribution in [0.5, 0.6) is 0 Å². The van der Waals surface area contributed by atoms with Crippen molar-refractivity contribution in [3.63, 3.8) is 0 Å². The highest BCUT2D eigenvalue weighted by atomic mass is 16.6. The number of carbonyl (C=O) groups is 3. The van der Waals surface area contributed by atoms with Crippen LogP contribution in [0.25, 0.3) is 0 Å². The number of hydrogen-bond donors (Lipinski definition) is 1. The van der Waals surface area contributed by atoms with E-state index in [0.717, 1.165) is 31.5 Å². The van der Waals surface area contributed by atoms with Crippen LogP contribution in [0.4, 0.5) is 10.5 Å². The van der Waals surface area contributed by atoms with Crippen molar-refractivity contribution in [3.05, 3.63) is 29.8 Å². The van der Waals surface area contributed by atoms with Gasteiger partial charge in [0.05, 0.1) is 0 Å². The molecular formula is C24H39N3O4. The monoisotopic (exact) mass is 433 g/mol. The van der Waals surface area contributed by atoms with Gasteiger partial charge in [0.15, 0.2) is 0 Å². The molecule has 7 nitrogen and oxygen atoms in total. The first-order valence-electron chi connectivity index (χ1n) is 11.2. The zero-order valence-corrected chi connectivity index (χ0v) is 20.0. The molecule has 0 fully saturated rings. The maximum absolute atomic E-state index is 12.3. The van der Waals surface area contributed by atoms with E-state index in [4.69, 9.17) is 4.74 Å². The first kappa shape index (κ1) is 26.5. The summed E-state index contributed by atoms with van der Waals surface area (Å²) in [5.41, 5.74) is 1.01. The number of nitrogens with zero attached hydrogens (tertiary/aromatic N) is 2. The van der Waals surface area contributed by atoms with Crippen LogP contribution >= 0.6 is 0 Å². The van der Waals surface area contributed by atoms with Crippen LogP contribution in [-0.2, 0) is 20.9 Å². The second kappa shape index (κ2) is 13.0. The van der Waals surface area contributed by atoms with E-state index in [-0.39, 0.29) is 11.8 Å². The van der Waals surface area contributed by atoms with E-state index in [2.05, 4.69) is 19.2 Å². The smallest absolute Gasteiger partial charge is 0.410 e.